The van der Waals surface area contributed by atoms with E-state index in [1.165, 1.54) is 17.1 Å². The van der Waals surface area contributed by atoms with Crippen LogP contribution in [-0.2, 0) is 6.18 Å². The lowest BCUT2D eigenvalue weighted by molar-refractivity contribution is -0.137. The van der Waals surface area contributed by atoms with Gasteiger partial charge in [0.15, 0.2) is 0 Å². The summed E-state index contributed by atoms with van der Waals surface area (Å²) < 4.78 is 37.9. The van der Waals surface area contributed by atoms with Gasteiger partial charge in [-0.2, -0.15) is 13.2 Å². The molecule has 0 fully saturated rings. The molecule has 0 saturated heterocycles. The monoisotopic (exact) mass is 350 g/mol. The number of para-hydroxylation sites is 1. The zero-order valence-electron chi connectivity index (χ0n) is 12.4. The Kier molecular flexibility index (Phi) is 3.85. The number of benzene rings is 2. The first-order valence-electron chi connectivity index (χ1n) is 6.88. The second kappa shape index (κ2) is 5.76. The third-order valence-corrected chi connectivity index (χ3v) is 3.58. The first-order valence-corrected chi connectivity index (χ1v) is 6.88. The Morgan fingerprint density at radius 2 is 1.56 bits per heavy atom. The zero-order chi connectivity index (χ0) is 16.9. The third kappa shape index (κ3) is 2.66. The number of anilines is 2. The van der Waals surface area contributed by atoms with Gasteiger partial charge in [0.05, 0.1) is 16.9 Å². The minimum absolute atomic E-state index is 0. The van der Waals surface area contributed by atoms with Crippen LogP contribution in [0.25, 0.3) is 0 Å². The number of alkyl halides is 3. The molecule has 0 bridgehead atoms. The van der Waals surface area contributed by atoms with Gasteiger partial charge in [-0.1, -0.05) is 12.1 Å². The Labute approximate surface area is 139 Å². The van der Waals surface area contributed by atoms with E-state index < -0.39 is 11.7 Å². The van der Waals surface area contributed by atoms with Crippen LogP contribution in [-0.4, -0.2) is 10.6 Å². The molecular weight excluding hydrogens is 339 g/mol. The molecule has 129 valence electrons. The molecule has 0 atom stereocenters. The van der Waals surface area contributed by atoms with Crippen molar-refractivity contribution >= 4 is 17.1 Å². The van der Waals surface area contributed by atoms with E-state index in [2.05, 4.69) is 15.8 Å². The van der Waals surface area contributed by atoms with Crippen LogP contribution >= 0.6 is 0 Å². The summed E-state index contributed by atoms with van der Waals surface area (Å²) in [6.45, 7) is 0. The van der Waals surface area contributed by atoms with Gasteiger partial charge in [0.1, 0.15) is 5.69 Å². The summed E-state index contributed by atoms with van der Waals surface area (Å²) in [6.07, 6.45) is -4.42. The molecule has 4 rings (SSSR count). The highest BCUT2D eigenvalue weighted by Gasteiger charge is 2.37. The van der Waals surface area contributed by atoms with Crippen molar-refractivity contribution in [1.29, 1.82) is 0 Å². The molecule has 2 heterocycles. The minimum atomic E-state index is -4.42. The van der Waals surface area contributed by atoms with Crippen molar-refractivity contribution in [3.05, 3.63) is 65.8 Å². The molecular formula is C15H11F3N5O2. The quantitative estimate of drug-likeness (QED) is 0.853. The summed E-state index contributed by atoms with van der Waals surface area (Å²) in [5.74, 6) is -0.207. The zero-order valence-corrected chi connectivity index (χ0v) is 12.4. The largest absolute Gasteiger partial charge is 0.491 e. The van der Waals surface area contributed by atoms with E-state index in [-0.39, 0.29) is 22.9 Å². The molecule has 0 unspecified atom stereocenters. The van der Waals surface area contributed by atoms with Crippen molar-refractivity contribution < 1.29 is 23.8 Å². The number of halogens is 3. The van der Waals surface area contributed by atoms with Crippen LogP contribution in [0.1, 0.15) is 5.56 Å². The van der Waals surface area contributed by atoms with Crippen molar-refractivity contribution in [2.45, 2.75) is 6.18 Å². The summed E-state index contributed by atoms with van der Waals surface area (Å²) in [5.41, 5.74) is 4.89. The highest BCUT2D eigenvalue weighted by atomic mass is 19.4. The topological polar surface area (TPSA) is 97.0 Å². The molecule has 0 amide bonds. The highest BCUT2D eigenvalue weighted by molar-refractivity contribution is 5.72. The molecule has 0 saturated carbocycles. The lowest BCUT2D eigenvalue weighted by atomic mass is 10.2. The summed E-state index contributed by atoms with van der Waals surface area (Å²) in [7, 11) is 0. The Morgan fingerprint density at radius 1 is 0.880 bits per heavy atom. The van der Waals surface area contributed by atoms with Crippen molar-refractivity contribution in [2.24, 2.45) is 10.2 Å². The van der Waals surface area contributed by atoms with Crippen LogP contribution in [0.2, 0.25) is 0 Å². The van der Waals surface area contributed by atoms with Crippen LogP contribution in [0, 0.1) is 0 Å². The van der Waals surface area contributed by atoms with E-state index in [4.69, 9.17) is 0 Å². The number of aliphatic hydroxyl groups excluding tert-OH is 1. The van der Waals surface area contributed by atoms with E-state index in [9.17, 15) is 18.3 Å². The molecule has 2 aromatic carbocycles. The van der Waals surface area contributed by atoms with Gasteiger partial charge in [-0.3, -0.25) is 0 Å². The second-order valence-corrected chi connectivity index (χ2v) is 5.09. The molecule has 1 radical (unpaired) electrons. The van der Waals surface area contributed by atoms with Crippen molar-refractivity contribution in [3.8, 4) is 0 Å². The number of azo groups is 1. The maximum Gasteiger partial charge on any atom is 0.416 e. The molecule has 2 aromatic rings. The maximum absolute atomic E-state index is 12.6. The second-order valence-electron chi connectivity index (χ2n) is 5.09. The molecule has 2 aliphatic rings. The summed E-state index contributed by atoms with van der Waals surface area (Å²) >= 11 is 0. The van der Waals surface area contributed by atoms with Gasteiger partial charge in [-0.15, -0.1) is 10.2 Å². The van der Waals surface area contributed by atoms with Crippen LogP contribution < -0.4 is 15.6 Å². The van der Waals surface area contributed by atoms with Gasteiger partial charge in [0.25, 0.3) is 5.88 Å². The molecule has 3 N–H and O–H groups in total. The van der Waals surface area contributed by atoms with Crippen LogP contribution in [0.4, 0.5) is 30.2 Å². The first kappa shape index (κ1) is 16.7. The molecule has 2 aliphatic heterocycles. The fourth-order valence-corrected chi connectivity index (χ4v) is 2.41. The SMILES string of the molecule is O.OC1=C2N=Nc3ccccc3N2[N]N1c1ccc(C(F)(F)F)cc1. The molecule has 0 aromatic heterocycles. The smallest absolute Gasteiger partial charge is 0.416 e. The van der Waals surface area contributed by atoms with Crippen LogP contribution in [0.15, 0.2) is 70.5 Å². The van der Waals surface area contributed by atoms with Gasteiger partial charge < -0.3 is 10.6 Å². The Hall–Kier alpha value is -3.11. The number of nitrogens with zero attached hydrogens (tertiary/aromatic N) is 5. The average Bonchev–Trinajstić information content (AvgIpc) is 2.92. The van der Waals surface area contributed by atoms with Crippen LogP contribution in [0.3, 0.4) is 0 Å². The molecule has 0 aliphatic carbocycles. The van der Waals surface area contributed by atoms with Gasteiger partial charge in [-0.25, -0.2) is 10.0 Å². The van der Waals surface area contributed by atoms with Gasteiger partial charge in [-0.05, 0) is 41.9 Å². The first-order chi connectivity index (χ1) is 11.4. The third-order valence-electron chi connectivity index (χ3n) is 3.58. The van der Waals surface area contributed by atoms with E-state index in [0.717, 1.165) is 17.1 Å². The van der Waals surface area contributed by atoms with Gasteiger partial charge in [0.2, 0.25) is 5.82 Å². The number of hydrogen-bond donors (Lipinski definition) is 1. The molecule has 25 heavy (non-hydrogen) atoms. The van der Waals surface area contributed by atoms with E-state index in [0.29, 0.717) is 11.4 Å². The van der Waals surface area contributed by atoms with Gasteiger partial charge >= 0.3 is 6.18 Å². The van der Waals surface area contributed by atoms with Gasteiger partial charge in [0, 0.05) is 0 Å². The number of hydrogen-bond acceptors (Lipinski definition) is 5. The summed E-state index contributed by atoms with van der Waals surface area (Å²) in [6, 6.07) is 11.4. The minimum Gasteiger partial charge on any atom is -0.491 e. The fourth-order valence-electron chi connectivity index (χ4n) is 2.41. The number of aliphatic hydroxyl groups is 1. The van der Waals surface area contributed by atoms with Crippen molar-refractivity contribution in [2.75, 3.05) is 10.0 Å². The summed E-state index contributed by atoms with van der Waals surface area (Å²) in [5, 5.41) is 20.7. The Bertz CT molecular complexity index is 864. The standard InChI is InChI=1S/C15H9F3N5O.H2O/c16-15(17,18)9-5-7-10(8-6-9)22-14(24)13-20-19-11-3-1-2-4-12(11)23(13)21-22;/h1-8,24H;1H2. The average molecular weight is 350 g/mol. The van der Waals surface area contributed by atoms with E-state index in [1.54, 1.807) is 24.3 Å². The van der Waals surface area contributed by atoms with Crippen molar-refractivity contribution in [1.82, 2.24) is 5.53 Å². The normalized spacial score (nSPS) is 15.8. The lowest BCUT2D eigenvalue weighted by Crippen LogP contribution is -2.35. The Balaban J connectivity index is 0.00000182. The molecule has 10 heteroatoms. The highest BCUT2D eigenvalue weighted by Crippen LogP contribution is 2.40. The molecule has 7 nitrogen and oxygen atoms in total. The predicted octanol–water partition coefficient (Wildman–Crippen LogP) is 3.42. The van der Waals surface area contributed by atoms with E-state index in [1.807, 2.05) is 0 Å². The van der Waals surface area contributed by atoms with Crippen molar-refractivity contribution in [3.63, 3.8) is 0 Å². The number of fused-ring (bicyclic) bond motifs is 3. The lowest BCUT2D eigenvalue weighted by Gasteiger charge is -2.22. The van der Waals surface area contributed by atoms with E-state index >= 15 is 0 Å². The Morgan fingerprint density at radius 3 is 2.24 bits per heavy atom. The summed E-state index contributed by atoms with van der Waals surface area (Å²) in [4.78, 5) is 0. The fraction of sp³-hybridized carbons (Fsp3) is 0.0667. The maximum atomic E-state index is 12.6. The molecule has 0 spiro atoms. The number of rotatable bonds is 1. The van der Waals surface area contributed by atoms with Crippen LogP contribution in [0.5, 0.6) is 0 Å². The predicted molar refractivity (Wildman–Crippen MR) is 82.8 cm³/mol.